The van der Waals surface area contributed by atoms with Gasteiger partial charge in [-0.25, -0.2) is 5.84 Å². The van der Waals surface area contributed by atoms with Crippen LogP contribution in [0.1, 0.15) is 51.5 Å². The summed E-state index contributed by atoms with van der Waals surface area (Å²) in [6, 6.07) is 3.20. The van der Waals surface area contributed by atoms with Gasteiger partial charge >= 0.3 is 0 Å². The van der Waals surface area contributed by atoms with Crippen LogP contribution >= 0.6 is 0 Å². The number of hydrazine groups is 1. The predicted octanol–water partition coefficient (Wildman–Crippen LogP) is 1.71. The van der Waals surface area contributed by atoms with Crippen molar-refractivity contribution in [1.82, 2.24) is 15.5 Å². The first-order chi connectivity index (χ1) is 8.63. The lowest BCUT2D eigenvalue weighted by Gasteiger charge is -2.33. The average molecular weight is 265 g/mol. The van der Waals surface area contributed by atoms with Crippen molar-refractivity contribution < 1.29 is 4.79 Å². The topological polar surface area (TPSA) is 92.9 Å². The van der Waals surface area contributed by atoms with E-state index >= 15 is 0 Å². The summed E-state index contributed by atoms with van der Waals surface area (Å²) < 4.78 is 0. The Bertz CT molecular complexity index is 433. The number of anilines is 1. The maximum Gasteiger partial charge on any atom is 0.272 e. The van der Waals surface area contributed by atoms with Gasteiger partial charge in [0.05, 0.1) is 0 Å². The minimum absolute atomic E-state index is 0.135. The Morgan fingerprint density at radius 3 is 2.26 bits per heavy atom. The number of carbonyl (C=O) groups is 1. The van der Waals surface area contributed by atoms with Gasteiger partial charge in [-0.15, -0.1) is 10.2 Å². The molecule has 1 aromatic heterocycles. The summed E-state index contributed by atoms with van der Waals surface area (Å²) in [7, 11) is 0. The highest BCUT2D eigenvalue weighted by Gasteiger charge is 2.27. The van der Waals surface area contributed by atoms with Crippen molar-refractivity contribution in [3.05, 3.63) is 17.8 Å². The number of nitrogens with one attached hydrogen (secondary N) is 2. The highest BCUT2D eigenvalue weighted by Crippen LogP contribution is 2.26. The monoisotopic (exact) mass is 265 g/mol. The highest BCUT2D eigenvalue weighted by atomic mass is 16.2. The summed E-state index contributed by atoms with van der Waals surface area (Å²) in [6.07, 6.45) is 0.863. The zero-order valence-electron chi connectivity index (χ0n) is 12.2. The summed E-state index contributed by atoms with van der Waals surface area (Å²) in [6.45, 7) is 10.4. The van der Waals surface area contributed by atoms with Gasteiger partial charge in [0.1, 0.15) is 0 Å². The van der Waals surface area contributed by atoms with Gasteiger partial charge in [0.2, 0.25) is 0 Å². The molecule has 0 aliphatic carbocycles. The number of nitrogens with zero attached hydrogens (tertiary/aromatic N) is 2. The van der Waals surface area contributed by atoms with Gasteiger partial charge in [-0.05, 0) is 37.8 Å². The van der Waals surface area contributed by atoms with E-state index in [1.807, 2.05) is 13.8 Å². The van der Waals surface area contributed by atoms with E-state index in [2.05, 4.69) is 41.7 Å². The van der Waals surface area contributed by atoms with Gasteiger partial charge in [-0.1, -0.05) is 20.8 Å². The molecule has 6 heteroatoms. The molecule has 0 saturated carbocycles. The fourth-order valence-corrected chi connectivity index (χ4v) is 2.27. The summed E-state index contributed by atoms with van der Waals surface area (Å²) in [5.74, 6) is 5.38. The molecular weight excluding hydrogens is 242 g/mol. The van der Waals surface area contributed by atoms with E-state index in [4.69, 9.17) is 5.84 Å². The SMILES string of the molecule is CC(C)(C)CC(C)(C)NC(=O)c1ccc(NN)nn1. The number of amides is 1. The minimum atomic E-state index is -0.304. The second-order valence-corrected chi connectivity index (χ2v) is 6.52. The normalized spacial score (nSPS) is 12.1. The van der Waals surface area contributed by atoms with Crippen molar-refractivity contribution >= 4 is 11.7 Å². The van der Waals surface area contributed by atoms with E-state index < -0.39 is 0 Å². The average Bonchev–Trinajstić information content (AvgIpc) is 2.25. The quantitative estimate of drug-likeness (QED) is 0.569. The maximum atomic E-state index is 12.1. The molecule has 0 aliphatic heterocycles. The van der Waals surface area contributed by atoms with Crippen molar-refractivity contribution in [2.24, 2.45) is 11.3 Å². The van der Waals surface area contributed by atoms with Crippen LogP contribution in [0.5, 0.6) is 0 Å². The first-order valence-corrected chi connectivity index (χ1v) is 6.26. The molecule has 0 unspecified atom stereocenters. The molecule has 19 heavy (non-hydrogen) atoms. The molecule has 0 fully saturated rings. The Labute approximate surface area is 114 Å². The lowest BCUT2D eigenvalue weighted by Crippen LogP contribution is -2.46. The van der Waals surface area contributed by atoms with Gasteiger partial charge in [-0.2, -0.15) is 0 Å². The van der Waals surface area contributed by atoms with Crippen molar-refractivity contribution in [1.29, 1.82) is 0 Å². The predicted molar refractivity (Wildman–Crippen MR) is 75.5 cm³/mol. The lowest BCUT2D eigenvalue weighted by molar-refractivity contribution is 0.0885. The Balaban J connectivity index is 2.72. The Morgan fingerprint density at radius 1 is 1.21 bits per heavy atom. The van der Waals surface area contributed by atoms with E-state index in [9.17, 15) is 4.79 Å². The summed E-state index contributed by atoms with van der Waals surface area (Å²) in [5, 5.41) is 10.6. The number of hydrogen-bond acceptors (Lipinski definition) is 5. The zero-order valence-corrected chi connectivity index (χ0v) is 12.2. The molecule has 1 rings (SSSR count). The molecule has 0 atom stereocenters. The Hall–Kier alpha value is -1.69. The summed E-state index contributed by atoms with van der Waals surface area (Å²) in [5.41, 5.74) is 2.48. The van der Waals surface area contributed by atoms with Gasteiger partial charge in [0.25, 0.3) is 5.91 Å². The second kappa shape index (κ2) is 5.52. The molecule has 0 radical (unpaired) electrons. The molecule has 4 N–H and O–H groups in total. The van der Waals surface area contributed by atoms with Crippen LogP contribution in [0.15, 0.2) is 12.1 Å². The number of aromatic nitrogens is 2. The van der Waals surface area contributed by atoms with E-state index in [0.717, 1.165) is 6.42 Å². The van der Waals surface area contributed by atoms with Crippen LogP contribution in [0.2, 0.25) is 0 Å². The van der Waals surface area contributed by atoms with Crippen LogP contribution in [0.4, 0.5) is 5.82 Å². The lowest BCUT2D eigenvalue weighted by atomic mass is 9.82. The molecule has 0 bridgehead atoms. The number of carbonyl (C=O) groups excluding carboxylic acids is 1. The number of nitrogens with two attached hydrogens (primary N) is 1. The van der Waals surface area contributed by atoms with E-state index in [-0.39, 0.29) is 22.6 Å². The number of rotatable bonds is 4. The van der Waals surface area contributed by atoms with E-state index in [1.165, 1.54) is 0 Å². The molecular formula is C13H23N5O. The van der Waals surface area contributed by atoms with Crippen LogP contribution in [-0.2, 0) is 0 Å². The highest BCUT2D eigenvalue weighted by molar-refractivity contribution is 5.92. The minimum Gasteiger partial charge on any atom is -0.346 e. The fourth-order valence-electron chi connectivity index (χ4n) is 2.27. The molecule has 1 aromatic rings. The number of hydrogen-bond donors (Lipinski definition) is 3. The van der Waals surface area contributed by atoms with Crippen molar-refractivity contribution in [2.45, 2.75) is 46.6 Å². The van der Waals surface area contributed by atoms with Gasteiger partial charge in [0.15, 0.2) is 11.5 Å². The van der Waals surface area contributed by atoms with Gasteiger partial charge < -0.3 is 10.7 Å². The standard InChI is InChI=1S/C13H23N5O/c1-12(2,3)8-13(4,5)15-11(19)9-6-7-10(16-14)18-17-9/h6-7H,8,14H2,1-5H3,(H,15,19)(H,16,18). The van der Waals surface area contributed by atoms with Gasteiger partial charge in [0, 0.05) is 5.54 Å². The van der Waals surface area contributed by atoms with Crippen LogP contribution in [-0.4, -0.2) is 21.6 Å². The number of nitrogen functional groups attached to an aromatic ring is 1. The third-order valence-corrected chi connectivity index (χ3v) is 2.47. The third kappa shape index (κ3) is 5.21. The van der Waals surface area contributed by atoms with Crippen molar-refractivity contribution in [3.8, 4) is 0 Å². The van der Waals surface area contributed by atoms with Crippen molar-refractivity contribution in [2.75, 3.05) is 5.43 Å². The molecule has 1 heterocycles. The first kappa shape index (κ1) is 15.4. The molecule has 0 spiro atoms. The molecule has 6 nitrogen and oxygen atoms in total. The van der Waals surface area contributed by atoms with Crippen LogP contribution in [0, 0.1) is 5.41 Å². The molecule has 0 aliphatic rings. The maximum absolute atomic E-state index is 12.1. The molecule has 0 aromatic carbocycles. The Kier molecular flexibility index (Phi) is 4.47. The summed E-state index contributed by atoms with van der Waals surface area (Å²) in [4.78, 5) is 12.1. The largest absolute Gasteiger partial charge is 0.346 e. The molecule has 0 saturated heterocycles. The van der Waals surface area contributed by atoms with E-state index in [1.54, 1.807) is 12.1 Å². The molecule has 1 amide bonds. The first-order valence-electron chi connectivity index (χ1n) is 6.26. The third-order valence-electron chi connectivity index (χ3n) is 2.47. The smallest absolute Gasteiger partial charge is 0.272 e. The fraction of sp³-hybridized carbons (Fsp3) is 0.615. The zero-order chi connectivity index (χ0) is 14.7. The van der Waals surface area contributed by atoms with Crippen LogP contribution in [0.25, 0.3) is 0 Å². The Morgan fingerprint density at radius 2 is 1.84 bits per heavy atom. The second-order valence-electron chi connectivity index (χ2n) is 6.52. The molecule has 106 valence electrons. The van der Waals surface area contributed by atoms with Crippen LogP contribution < -0.4 is 16.6 Å². The van der Waals surface area contributed by atoms with E-state index in [0.29, 0.717) is 5.82 Å². The summed E-state index contributed by atoms with van der Waals surface area (Å²) >= 11 is 0. The van der Waals surface area contributed by atoms with Crippen LogP contribution in [0.3, 0.4) is 0 Å². The van der Waals surface area contributed by atoms with Crippen molar-refractivity contribution in [3.63, 3.8) is 0 Å². The van der Waals surface area contributed by atoms with Gasteiger partial charge in [-0.3, -0.25) is 4.79 Å².